The molecular formula is C25H24ClN3O7S. The second-order valence-electron chi connectivity index (χ2n) is 8.00. The summed E-state index contributed by atoms with van der Waals surface area (Å²) < 4.78 is 36.8. The highest BCUT2D eigenvalue weighted by molar-refractivity contribution is 7.90. The van der Waals surface area contributed by atoms with Crippen LogP contribution < -0.4 is 14.8 Å². The number of nitrogens with one attached hydrogen (secondary N) is 2. The second-order valence-corrected chi connectivity index (χ2v) is 10.1. The number of sulfonamides is 1. The number of aromatic nitrogens is 1. The third-order valence-corrected chi connectivity index (χ3v) is 6.38. The molecule has 3 aromatic rings. The molecule has 2 amide bonds. The first-order chi connectivity index (χ1) is 17.5. The van der Waals surface area contributed by atoms with E-state index in [9.17, 15) is 22.8 Å². The molecule has 0 fully saturated rings. The second kappa shape index (κ2) is 12.3. The average Bonchev–Trinajstić information content (AvgIpc) is 2.85. The summed E-state index contributed by atoms with van der Waals surface area (Å²) in [5.74, 6) is -1.42. The molecule has 2 aromatic carbocycles. The van der Waals surface area contributed by atoms with E-state index in [4.69, 9.17) is 21.1 Å². The van der Waals surface area contributed by atoms with Gasteiger partial charge in [-0.1, -0.05) is 23.7 Å². The first-order valence-electron chi connectivity index (χ1n) is 11.1. The Bertz CT molecular complexity index is 1360. The van der Waals surface area contributed by atoms with Crippen LogP contribution in [0.1, 0.15) is 40.1 Å². The topological polar surface area (TPSA) is 141 Å². The van der Waals surface area contributed by atoms with Gasteiger partial charge in [0.2, 0.25) is 5.88 Å². The first-order valence-corrected chi connectivity index (χ1v) is 12.9. The van der Waals surface area contributed by atoms with Crippen LogP contribution in [0.15, 0.2) is 71.8 Å². The predicted octanol–water partition coefficient (Wildman–Crippen LogP) is 3.75. The molecule has 37 heavy (non-hydrogen) atoms. The molecule has 1 heterocycles. The number of carbonyl (C=O) groups is 3. The maximum Gasteiger partial charge on any atom is 0.515 e. The van der Waals surface area contributed by atoms with Crippen LogP contribution >= 0.6 is 11.6 Å². The standard InChI is InChI=1S/C25H24ClN3O7S/c1-16(2)35-25(32)36-22-12-7-19(15-28-22)24(31)29-37(33,34)21-10-5-18(6-11-21)23(30)27-14-13-17-3-8-20(26)9-4-17/h3-12,15-16H,13-14H2,1-2H3,(H,27,30)(H,29,31). The van der Waals surface area contributed by atoms with E-state index in [1.807, 2.05) is 16.9 Å². The molecule has 0 aliphatic rings. The van der Waals surface area contributed by atoms with E-state index in [-0.39, 0.29) is 33.9 Å². The van der Waals surface area contributed by atoms with Crippen molar-refractivity contribution in [3.05, 3.63) is 88.6 Å². The molecule has 0 radical (unpaired) electrons. The average molecular weight is 546 g/mol. The molecule has 0 unspecified atom stereocenters. The van der Waals surface area contributed by atoms with Gasteiger partial charge in [-0.05, 0) is 68.3 Å². The van der Waals surface area contributed by atoms with Crippen LogP contribution in [0, 0.1) is 0 Å². The molecule has 0 bridgehead atoms. The van der Waals surface area contributed by atoms with Gasteiger partial charge in [0, 0.05) is 29.4 Å². The van der Waals surface area contributed by atoms with E-state index in [0.29, 0.717) is 18.0 Å². The molecule has 1 aromatic heterocycles. The Morgan fingerprint density at radius 2 is 1.57 bits per heavy atom. The van der Waals surface area contributed by atoms with Gasteiger partial charge < -0.3 is 14.8 Å². The number of amides is 2. The quantitative estimate of drug-likeness (QED) is 0.387. The number of hydrogen-bond acceptors (Lipinski definition) is 8. The highest BCUT2D eigenvalue weighted by Gasteiger charge is 2.20. The zero-order chi connectivity index (χ0) is 27.0. The summed E-state index contributed by atoms with van der Waals surface area (Å²) in [6.07, 6.45) is 0.318. The maximum absolute atomic E-state index is 12.6. The van der Waals surface area contributed by atoms with Gasteiger partial charge in [-0.15, -0.1) is 0 Å². The fourth-order valence-electron chi connectivity index (χ4n) is 2.98. The number of halogens is 1. The lowest BCUT2D eigenvalue weighted by atomic mass is 10.1. The van der Waals surface area contributed by atoms with Crippen LogP contribution in [0.3, 0.4) is 0 Å². The van der Waals surface area contributed by atoms with E-state index in [1.165, 1.54) is 36.4 Å². The minimum Gasteiger partial charge on any atom is -0.431 e. The fourth-order valence-corrected chi connectivity index (χ4v) is 4.08. The minimum atomic E-state index is -4.22. The Kier molecular flexibility index (Phi) is 9.20. The number of benzene rings is 2. The fraction of sp³-hybridized carbons (Fsp3) is 0.200. The largest absolute Gasteiger partial charge is 0.515 e. The number of hydrogen-bond donors (Lipinski definition) is 2. The number of ether oxygens (including phenoxy) is 2. The van der Waals surface area contributed by atoms with Gasteiger partial charge in [-0.25, -0.2) is 22.9 Å². The lowest BCUT2D eigenvalue weighted by Crippen LogP contribution is -2.31. The Labute approximate surface area is 219 Å². The van der Waals surface area contributed by atoms with Crippen LogP contribution in [0.2, 0.25) is 5.02 Å². The minimum absolute atomic E-state index is 0.0789. The lowest BCUT2D eigenvalue weighted by Gasteiger charge is -2.09. The predicted molar refractivity (Wildman–Crippen MR) is 135 cm³/mol. The smallest absolute Gasteiger partial charge is 0.431 e. The van der Waals surface area contributed by atoms with Crippen molar-refractivity contribution in [3.8, 4) is 5.88 Å². The van der Waals surface area contributed by atoms with Crippen molar-refractivity contribution in [2.45, 2.75) is 31.3 Å². The van der Waals surface area contributed by atoms with Gasteiger partial charge in [-0.3, -0.25) is 9.59 Å². The van der Waals surface area contributed by atoms with Crippen molar-refractivity contribution in [1.29, 1.82) is 0 Å². The third kappa shape index (κ3) is 8.29. The van der Waals surface area contributed by atoms with E-state index >= 15 is 0 Å². The zero-order valence-electron chi connectivity index (χ0n) is 19.9. The normalized spacial score (nSPS) is 11.0. The summed E-state index contributed by atoms with van der Waals surface area (Å²) in [5.41, 5.74) is 1.19. The Balaban J connectivity index is 1.55. The molecule has 3 rings (SSSR count). The first kappa shape index (κ1) is 27.6. The molecule has 2 N–H and O–H groups in total. The Hall–Kier alpha value is -3.96. The van der Waals surface area contributed by atoms with Crippen LogP contribution in [0.25, 0.3) is 0 Å². The molecule has 12 heteroatoms. The van der Waals surface area contributed by atoms with Crippen molar-refractivity contribution in [3.63, 3.8) is 0 Å². The van der Waals surface area contributed by atoms with Gasteiger partial charge in [-0.2, -0.15) is 0 Å². The lowest BCUT2D eigenvalue weighted by molar-refractivity contribution is 0.0715. The van der Waals surface area contributed by atoms with Crippen molar-refractivity contribution in [2.75, 3.05) is 6.54 Å². The van der Waals surface area contributed by atoms with Crippen molar-refractivity contribution in [1.82, 2.24) is 15.0 Å². The van der Waals surface area contributed by atoms with Crippen LogP contribution in [0.4, 0.5) is 4.79 Å². The van der Waals surface area contributed by atoms with Crippen LogP contribution in [-0.2, 0) is 21.2 Å². The van der Waals surface area contributed by atoms with Gasteiger partial charge >= 0.3 is 6.16 Å². The van der Waals surface area contributed by atoms with Gasteiger partial charge in [0.05, 0.1) is 16.6 Å². The molecule has 0 aliphatic heterocycles. The van der Waals surface area contributed by atoms with Gasteiger partial charge in [0.15, 0.2) is 0 Å². The molecule has 0 spiro atoms. The number of rotatable bonds is 9. The van der Waals surface area contributed by atoms with Crippen molar-refractivity contribution < 1.29 is 32.3 Å². The monoisotopic (exact) mass is 545 g/mol. The molecule has 10 nitrogen and oxygen atoms in total. The van der Waals surface area contributed by atoms with Crippen molar-refractivity contribution >= 4 is 39.6 Å². The van der Waals surface area contributed by atoms with E-state index in [2.05, 4.69) is 10.3 Å². The van der Waals surface area contributed by atoms with Crippen molar-refractivity contribution in [2.24, 2.45) is 0 Å². The van der Waals surface area contributed by atoms with Gasteiger partial charge in [0.1, 0.15) is 0 Å². The highest BCUT2D eigenvalue weighted by atomic mass is 35.5. The zero-order valence-corrected chi connectivity index (χ0v) is 21.5. The van der Waals surface area contributed by atoms with Gasteiger partial charge in [0.25, 0.3) is 21.8 Å². The van der Waals surface area contributed by atoms with Crippen LogP contribution in [0.5, 0.6) is 5.88 Å². The Morgan fingerprint density at radius 3 is 2.16 bits per heavy atom. The maximum atomic E-state index is 12.6. The third-order valence-electron chi connectivity index (χ3n) is 4.78. The molecule has 194 valence electrons. The molecule has 0 atom stereocenters. The summed E-state index contributed by atoms with van der Waals surface area (Å²) in [4.78, 5) is 39.9. The Morgan fingerprint density at radius 1 is 0.919 bits per heavy atom. The highest BCUT2D eigenvalue weighted by Crippen LogP contribution is 2.14. The van der Waals surface area contributed by atoms with E-state index in [0.717, 1.165) is 11.8 Å². The summed E-state index contributed by atoms with van der Waals surface area (Å²) in [6, 6.07) is 14.9. The van der Waals surface area contributed by atoms with Crippen LogP contribution in [-0.4, -0.2) is 44.0 Å². The molecule has 0 saturated carbocycles. The molecular weight excluding hydrogens is 522 g/mol. The van der Waals surface area contributed by atoms with E-state index < -0.39 is 22.1 Å². The summed E-state index contributed by atoms with van der Waals surface area (Å²) >= 11 is 5.86. The molecule has 0 saturated heterocycles. The summed E-state index contributed by atoms with van der Waals surface area (Å²) in [5, 5.41) is 3.39. The number of nitrogens with zero attached hydrogens (tertiary/aromatic N) is 1. The summed E-state index contributed by atoms with van der Waals surface area (Å²) in [7, 11) is -4.22. The van der Waals surface area contributed by atoms with E-state index in [1.54, 1.807) is 26.0 Å². The number of pyridine rings is 1. The molecule has 0 aliphatic carbocycles. The summed E-state index contributed by atoms with van der Waals surface area (Å²) in [6.45, 7) is 3.68. The SMILES string of the molecule is CC(C)OC(=O)Oc1ccc(C(=O)NS(=O)(=O)c2ccc(C(=O)NCCc3ccc(Cl)cc3)cc2)cn1. The number of carbonyl (C=O) groups excluding carboxylic acids is 3.